The molecule has 3 amide bonds. The number of nitrogens with one attached hydrogen (secondary N) is 3. The molecule has 1 aromatic heterocycles. The first kappa shape index (κ1) is 20.9. The average Bonchev–Trinajstić information content (AvgIpc) is 3.41. The van der Waals surface area contributed by atoms with Gasteiger partial charge in [-0.25, -0.2) is 4.79 Å². The molecular formula is C21H28N4O4. The van der Waals surface area contributed by atoms with E-state index in [9.17, 15) is 9.59 Å². The lowest BCUT2D eigenvalue weighted by atomic mass is 10.2. The fourth-order valence-electron chi connectivity index (χ4n) is 3.22. The van der Waals surface area contributed by atoms with Crippen LogP contribution in [0.2, 0.25) is 0 Å². The largest absolute Gasteiger partial charge is 0.468 e. The molecule has 1 saturated heterocycles. The summed E-state index contributed by atoms with van der Waals surface area (Å²) >= 11 is 0. The molecule has 0 aliphatic carbocycles. The lowest BCUT2D eigenvalue weighted by Crippen LogP contribution is -2.40. The van der Waals surface area contributed by atoms with E-state index in [2.05, 4.69) is 16.0 Å². The Hall–Kier alpha value is -2.84. The number of urea groups is 1. The minimum absolute atomic E-state index is 0.0490. The number of carbonyl (C=O) groups is 2. The molecule has 1 fully saturated rings. The zero-order valence-electron chi connectivity index (χ0n) is 16.8. The number of hydrogen-bond donors (Lipinski definition) is 3. The highest BCUT2D eigenvalue weighted by Gasteiger charge is 2.23. The number of amides is 3. The Morgan fingerprint density at radius 1 is 1.21 bits per heavy atom. The number of hydrogen-bond acceptors (Lipinski definition) is 5. The van der Waals surface area contributed by atoms with Crippen LogP contribution in [0.25, 0.3) is 0 Å². The van der Waals surface area contributed by atoms with Crippen LogP contribution in [-0.2, 0) is 16.1 Å². The molecule has 0 radical (unpaired) electrons. The predicted molar refractivity (Wildman–Crippen MR) is 109 cm³/mol. The first-order valence-electron chi connectivity index (χ1n) is 9.76. The second-order valence-electron chi connectivity index (χ2n) is 7.25. The van der Waals surface area contributed by atoms with Gasteiger partial charge in [0.15, 0.2) is 0 Å². The summed E-state index contributed by atoms with van der Waals surface area (Å²) in [5, 5.41) is 8.58. The third-order valence-corrected chi connectivity index (χ3v) is 4.82. The molecule has 0 bridgehead atoms. The standard InChI is InChI=1S/C21H28N4O4/c1-25(2)17(18-8-4-10-28-18)14-23-21(27)22-13-15-6-3-7-16(12-15)24-20(26)19-9-5-11-29-19/h3-4,6-8,10,12,17,19H,5,9,11,13-14H2,1-2H3,(H,24,26)(H2,22,23,27). The first-order chi connectivity index (χ1) is 14.0. The molecule has 8 heteroatoms. The van der Waals surface area contributed by atoms with Crippen molar-refractivity contribution < 1.29 is 18.7 Å². The summed E-state index contributed by atoms with van der Waals surface area (Å²) < 4.78 is 10.8. The van der Waals surface area contributed by atoms with Crippen molar-refractivity contribution in [1.29, 1.82) is 0 Å². The van der Waals surface area contributed by atoms with Crippen LogP contribution >= 0.6 is 0 Å². The van der Waals surface area contributed by atoms with Gasteiger partial charge in [0.05, 0.1) is 12.3 Å². The van der Waals surface area contributed by atoms with E-state index in [-0.39, 0.29) is 24.1 Å². The molecule has 2 unspecified atom stereocenters. The topological polar surface area (TPSA) is 95.8 Å². The van der Waals surface area contributed by atoms with E-state index < -0.39 is 0 Å². The van der Waals surface area contributed by atoms with Gasteiger partial charge in [0.25, 0.3) is 5.91 Å². The first-order valence-corrected chi connectivity index (χ1v) is 9.76. The molecule has 0 spiro atoms. The molecule has 1 aliphatic rings. The van der Waals surface area contributed by atoms with Gasteiger partial charge in [-0.15, -0.1) is 0 Å². The maximum atomic E-state index is 12.2. The van der Waals surface area contributed by atoms with Gasteiger partial charge in [0, 0.05) is 25.4 Å². The van der Waals surface area contributed by atoms with Gasteiger partial charge in [0.1, 0.15) is 11.9 Å². The van der Waals surface area contributed by atoms with E-state index in [1.165, 1.54) is 0 Å². The number of ether oxygens (including phenoxy) is 1. The van der Waals surface area contributed by atoms with E-state index >= 15 is 0 Å². The second-order valence-corrected chi connectivity index (χ2v) is 7.25. The Balaban J connectivity index is 1.46. The molecule has 8 nitrogen and oxygen atoms in total. The number of likely N-dealkylation sites (N-methyl/N-ethyl adjacent to an activating group) is 1. The van der Waals surface area contributed by atoms with Gasteiger partial charge in [-0.3, -0.25) is 9.69 Å². The molecule has 3 N–H and O–H groups in total. The lowest BCUT2D eigenvalue weighted by molar-refractivity contribution is -0.124. The van der Waals surface area contributed by atoms with Crippen molar-refractivity contribution in [3.05, 3.63) is 54.0 Å². The van der Waals surface area contributed by atoms with Crippen LogP contribution in [0.1, 0.15) is 30.2 Å². The van der Waals surface area contributed by atoms with E-state index in [0.717, 1.165) is 24.2 Å². The quantitative estimate of drug-likeness (QED) is 0.633. The Morgan fingerprint density at radius 3 is 2.76 bits per heavy atom. The SMILES string of the molecule is CN(C)C(CNC(=O)NCc1cccc(NC(=O)C2CCCO2)c1)c1ccco1. The summed E-state index contributed by atoms with van der Waals surface area (Å²) in [6.45, 7) is 1.40. The van der Waals surface area contributed by atoms with Crippen LogP contribution in [0.3, 0.4) is 0 Å². The number of rotatable bonds is 8. The summed E-state index contributed by atoms with van der Waals surface area (Å²) in [4.78, 5) is 26.3. The second kappa shape index (κ2) is 10.1. The summed E-state index contributed by atoms with van der Waals surface area (Å²) in [5.74, 6) is 0.669. The fourth-order valence-corrected chi connectivity index (χ4v) is 3.22. The van der Waals surface area contributed by atoms with E-state index in [0.29, 0.717) is 25.4 Å². The Morgan fingerprint density at radius 2 is 2.07 bits per heavy atom. The van der Waals surface area contributed by atoms with Crippen molar-refractivity contribution >= 4 is 17.6 Å². The zero-order chi connectivity index (χ0) is 20.6. The maximum absolute atomic E-state index is 12.2. The number of carbonyl (C=O) groups excluding carboxylic acids is 2. The molecule has 156 valence electrons. The van der Waals surface area contributed by atoms with Crippen molar-refractivity contribution in [2.45, 2.75) is 31.5 Å². The Labute approximate surface area is 170 Å². The molecule has 29 heavy (non-hydrogen) atoms. The summed E-state index contributed by atoms with van der Waals surface area (Å²) in [5.41, 5.74) is 1.58. The van der Waals surface area contributed by atoms with Gasteiger partial charge in [-0.05, 0) is 56.8 Å². The van der Waals surface area contributed by atoms with Gasteiger partial charge >= 0.3 is 6.03 Å². The molecule has 2 atom stereocenters. The zero-order valence-corrected chi connectivity index (χ0v) is 16.8. The van der Waals surface area contributed by atoms with Crippen molar-refractivity contribution in [3.63, 3.8) is 0 Å². The van der Waals surface area contributed by atoms with Crippen LogP contribution < -0.4 is 16.0 Å². The molecule has 2 heterocycles. The number of benzene rings is 1. The van der Waals surface area contributed by atoms with Crippen molar-refractivity contribution in [1.82, 2.24) is 15.5 Å². The van der Waals surface area contributed by atoms with Crippen molar-refractivity contribution in [2.75, 3.05) is 32.6 Å². The van der Waals surface area contributed by atoms with Gasteiger partial charge in [0.2, 0.25) is 0 Å². The van der Waals surface area contributed by atoms with Crippen LogP contribution in [0, 0.1) is 0 Å². The van der Waals surface area contributed by atoms with E-state index in [4.69, 9.17) is 9.15 Å². The van der Waals surface area contributed by atoms with Crippen molar-refractivity contribution in [2.24, 2.45) is 0 Å². The Bertz CT molecular complexity index is 801. The molecule has 0 saturated carbocycles. The lowest BCUT2D eigenvalue weighted by Gasteiger charge is -2.22. The van der Waals surface area contributed by atoms with Gasteiger partial charge < -0.3 is 25.1 Å². The monoisotopic (exact) mass is 400 g/mol. The Kier molecular flexibility index (Phi) is 7.26. The van der Waals surface area contributed by atoms with Crippen LogP contribution in [-0.4, -0.2) is 50.2 Å². The average molecular weight is 400 g/mol. The predicted octanol–water partition coefficient (Wildman–Crippen LogP) is 2.50. The molecular weight excluding hydrogens is 372 g/mol. The van der Waals surface area contributed by atoms with Crippen LogP contribution in [0.15, 0.2) is 47.1 Å². The molecule has 1 aliphatic heterocycles. The molecule has 3 rings (SSSR count). The van der Waals surface area contributed by atoms with E-state index in [1.807, 2.05) is 55.4 Å². The third kappa shape index (κ3) is 6.07. The highest BCUT2D eigenvalue weighted by Crippen LogP contribution is 2.18. The van der Waals surface area contributed by atoms with E-state index in [1.54, 1.807) is 6.26 Å². The molecule has 2 aromatic rings. The smallest absolute Gasteiger partial charge is 0.315 e. The number of furan rings is 1. The fraction of sp³-hybridized carbons (Fsp3) is 0.429. The highest BCUT2D eigenvalue weighted by atomic mass is 16.5. The third-order valence-electron chi connectivity index (χ3n) is 4.82. The maximum Gasteiger partial charge on any atom is 0.315 e. The summed E-state index contributed by atoms with van der Waals surface area (Å²) in [6, 6.07) is 10.8. The number of nitrogens with zero attached hydrogens (tertiary/aromatic N) is 1. The van der Waals surface area contributed by atoms with Crippen molar-refractivity contribution in [3.8, 4) is 0 Å². The molecule has 1 aromatic carbocycles. The van der Waals surface area contributed by atoms with Crippen LogP contribution in [0.5, 0.6) is 0 Å². The highest BCUT2D eigenvalue weighted by molar-refractivity contribution is 5.94. The van der Waals surface area contributed by atoms with Gasteiger partial charge in [-0.1, -0.05) is 12.1 Å². The minimum atomic E-state index is -0.374. The minimum Gasteiger partial charge on any atom is -0.468 e. The number of anilines is 1. The van der Waals surface area contributed by atoms with Crippen LogP contribution in [0.4, 0.5) is 10.5 Å². The normalized spacial score (nSPS) is 17.1. The summed E-state index contributed by atoms with van der Waals surface area (Å²) in [6.07, 6.45) is 2.91. The van der Waals surface area contributed by atoms with Gasteiger partial charge in [-0.2, -0.15) is 0 Å². The summed E-state index contributed by atoms with van der Waals surface area (Å²) in [7, 11) is 3.87.